The van der Waals surface area contributed by atoms with Crippen molar-refractivity contribution in [2.75, 3.05) is 4.90 Å². The second-order valence-electron chi connectivity index (χ2n) is 7.42. The molecule has 32 heavy (non-hydrogen) atoms. The van der Waals surface area contributed by atoms with E-state index in [1.807, 2.05) is 0 Å². The third kappa shape index (κ3) is 4.26. The van der Waals surface area contributed by atoms with E-state index in [4.69, 9.17) is 0 Å². The van der Waals surface area contributed by atoms with Gasteiger partial charge in [-0.25, -0.2) is 17.8 Å². The molecule has 0 unspecified atom stereocenters. The van der Waals surface area contributed by atoms with E-state index >= 15 is 0 Å². The molecule has 0 aliphatic heterocycles. The van der Waals surface area contributed by atoms with Gasteiger partial charge in [0, 0.05) is 11.8 Å². The van der Waals surface area contributed by atoms with Crippen molar-refractivity contribution in [1.82, 2.24) is 9.97 Å². The van der Waals surface area contributed by atoms with Crippen molar-refractivity contribution in [3.8, 4) is 0 Å². The molecule has 1 amide bonds. The van der Waals surface area contributed by atoms with Gasteiger partial charge in [-0.3, -0.25) is 14.7 Å². The average Bonchev–Trinajstić information content (AvgIpc) is 3.23. The van der Waals surface area contributed by atoms with Crippen molar-refractivity contribution in [3.05, 3.63) is 83.9 Å². The summed E-state index contributed by atoms with van der Waals surface area (Å²) < 4.78 is 40.1. The lowest BCUT2D eigenvalue weighted by molar-refractivity contribution is 0.0984. The van der Waals surface area contributed by atoms with Crippen LogP contribution in [-0.4, -0.2) is 29.5 Å². The van der Waals surface area contributed by atoms with Gasteiger partial charge in [0.1, 0.15) is 11.3 Å². The van der Waals surface area contributed by atoms with Crippen molar-refractivity contribution in [2.45, 2.75) is 30.5 Å². The monoisotopic (exact) mass is 469 g/mol. The molecule has 0 aliphatic carbocycles. The van der Waals surface area contributed by atoms with E-state index in [0.717, 1.165) is 0 Å². The highest BCUT2D eigenvalue weighted by molar-refractivity contribution is 7.92. The van der Waals surface area contributed by atoms with Crippen molar-refractivity contribution in [1.29, 1.82) is 0 Å². The van der Waals surface area contributed by atoms with Gasteiger partial charge in [-0.15, -0.1) is 0 Å². The standard InChI is InChI=1S/C23H20FN3O3S2/c1-15(2)32(29,30)18-9-5-7-16(13-18)22(28)27(14-17-8-3-4-12-25-17)23-26-21-19(24)10-6-11-20(21)31-23/h3-13,15H,14H2,1-2H3. The number of carbonyl (C=O) groups excluding carboxylic acids is 1. The van der Waals surface area contributed by atoms with Crippen LogP contribution in [0.5, 0.6) is 0 Å². The van der Waals surface area contributed by atoms with Crippen molar-refractivity contribution < 1.29 is 17.6 Å². The number of hydrogen-bond donors (Lipinski definition) is 0. The first-order valence-corrected chi connectivity index (χ1v) is 12.2. The molecule has 0 saturated carbocycles. The highest BCUT2D eigenvalue weighted by atomic mass is 32.2. The van der Waals surface area contributed by atoms with Crippen LogP contribution in [0.2, 0.25) is 0 Å². The Morgan fingerprint density at radius 1 is 1.09 bits per heavy atom. The maximum atomic E-state index is 14.2. The number of nitrogens with zero attached hydrogens (tertiary/aromatic N) is 3. The molecule has 2 aromatic carbocycles. The number of fused-ring (bicyclic) bond motifs is 1. The molecular weight excluding hydrogens is 449 g/mol. The number of hydrogen-bond acceptors (Lipinski definition) is 6. The zero-order valence-corrected chi connectivity index (χ0v) is 19.0. The molecule has 0 aliphatic rings. The lowest BCUT2D eigenvalue weighted by Gasteiger charge is -2.20. The summed E-state index contributed by atoms with van der Waals surface area (Å²) in [7, 11) is -3.55. The van der Waals surface area contributed by atoms with Gasteiger partial charge < -0.3 is 0 Å². The number of carbonyl (C=O) groups is 1. The van der Waals surface area contributed by atoms with Gasteiger partial charge >= 0.3 is 0 Å². The zero-order valence-electron chi connectivity index (χ0n) is 17.4. The third-order valence-electron chi connectivity index (χ3n) is 4.91. The number of rotatable bonds is 6. The van der Waals surface area contributed by atoms with Crippen LogP contribution in [-0.2, 0) is 16.4 Å². The number of benzene rings is 2. The Morgan fingerprint density at radius 3 is 2.56 bits per heavy atom. The number of halogens is 1. The smallest absolute Gasteiger partial charge is 0.260 e. The van der Waals surface area contributed by atoms with Crippen LogP contribution in [0.3, 0.4) is 0 Å². The number of para-hydroxylation sites is 1. The summed E-state index contributed by atoms with van der Waals surface area (Å²) in [5, 5.41) is -0.317. The molecule has 4 rings (SSSR count). The predicted octanol–water partition coefficient (Wildman–Crippen LogP) is 4.86. The molecule has 0 N–H and O–H groups in total. The van der Waals surface area contributed by atoms with Gasteiger partial charge in [0.25, 0.3) is 5.91 Å². The Morgan fingerprint density at radius 2 is 1.88 bits per heavy atom. The van der Waals surface area contributed by atoms with Crippen molar-refractivity contribution in [2.24, 2.45) is 0 Å². The lowest BCUT2D eigenvalue weighted by atomic mass is 10.2. The molecule has 0 bridgehead atoms. The average molecular weight is 470 g/mol. The van der Waals surface area contributed by atoms with E-state index in [1.165, 1.54) is 34.4 Å². The highest BCUT2D eigenvalue weighted by Crippen LogP contribution is 2.32. The highest BCUT2D eigenvalue weighted by Gasteiger charge is 2.25. The quantitative estimate of drug-likeness (QED) is 0.403. The number of sulfone groups is 1. The topological polar surface area (TPSA) is 80.2 Å². The fraction of sp³-hybridized carbons (Fsp3) is 0.174. The Hall–Kier alpha value is -3.17. The minimum absolute atomic E-state index is 0.0754. The maximum Gasteiger partial charge on any atom is 0.260 e. The zero-order chi connectivity index (χ0) is 22.9. The van der Waals surface area contributed by atoms with Gasteiger partial charge in [0.05, 0.1) is 27.1 Å². The molecule has 0 fully saturated rings. The van der Waals surface area contributed by atoms with Gasteiger partial charge in [-0.1, -0.05) is 29.5 Å². The summed E-state index contributed by atoms with van der Waals surface area (Å²) in [6, 6.07) is 15.9. The maximum absolute atomic E-state index is 14.2. The Labute approximate surface area is 189 Å². The van der Waals surface area contributed by atoms with E-state index in [9.17, 15) is 17.6 Å². The van der Waals surface area contributed by atoms with Crippen LogP contribution in [0.1, 0.15) is 29.9 Å². The molecule has 0 saturated heterocycles. The SMILES string of the molecule is CC(C)S(=O)(=O)c1cccc(C(=O)N(Cc2ccccn2)c2nc3c(F)cccc3s2)c1. The molecule has 2 heterocycles. The van der Waals surface area contributed by atoms with E-state index in [0.29, 0.717) is 15.5 Å². The fourth-order valence-corrected chi connectivity index (χ4v) is 5.21. The van der Waals surface area contributed by atoms with Crippen LogP contribution >= 0.6 is 11.3 Å². The number of anilines is 1. The van der Waals surface area contributed by atoms with E-state index in [1.54, 1.807) is 62.5 Å². The minimum Gasteiger partial charge on any atom is -0.278 e. The molecular formula is C23H20FN3O3S2. The number of pyridine rings is 1. The number of amides is 1. The first-order valence-electron chi connectivity index (χ1n) is 9.88. The molecule has 0 radical (unpaired) electrons. The molecule has 4 aromatic rings. The van der Waals surface area contributed by atoms with Gasteiger partial charge in [0.2, 0.25) is 0 Å². The number of thiazole rings is 1. The fourth-order valence-electron chi connectivity index (χ4n) is 3.13. The van der Waals surface area contributed by atoms with Gasteiger partial charge in [-0.05, 0) is 56.3 Å². The Balaban J connectivity index is 1.79. The summed E-state index contributed by atoms with van der Waals surface area (Å²) in [6.45, 7) is 3.28. The van der Waals surface area contributed by atoms with Gasteiger partial charge in [0.15, 0.2) is 15.0 Å². The van der Waals surface area contributed by atoms with Crippen LogP contribution in [0.4, 0.5) is 9.52 Å². The van der Waals surface area contributed by atoms with E-state index in [2.05, 4.69) is 9.97 Å². The first-order chi connectivity index (χ1) is 15.3. The van der Waals surface area contributed by atoms with E-state index < -0.39 is 26.8 Å². The largest absolute Gasteiger partial charge is 0.278 e. The van der Waals surface area contributed by atoms with E-state index in [-0.39, 0.29) is 22.5 Å². The summed E-state index contributed by atoms with van der Waals surface area (Å²) in [5.74, 6) is -0.920. The molecule has 6 nitrogen and oxygen atoms in total. The van der Waals surface area contributed by atoms with Crippen molar-refractivity contribution in [3.63, 3.8) is 0 Å². The second kappa shape index (κ2) is 8.76. The summed E-state index contributed by atoms with van der Waals surface area (Å²) >= 11 is 1.18. The molecule has 164 valence electrons. The normalized spacial score (nSPS) is 11.8. The van der Waals surface area contributed by atoms with Crippen LogP contribution in [0.25, 0.3) is 10.2 Å². The first kappa shape index (κ1) is 22.0. The molecule has 0 atom stereocenters. The Kier molecular flexibility index (Phi) is 6.03. The van der Waals surface area contributed by atoms with Crippen LogP contribution in [0, 0.1) is 5.82 Å². The summed E-state index contributed by atoms with van der Waals surface area (Å²) in [5.41, 5.74) is 0.997. The summed E-state index contributed by atoms with van der Waals surface area (Å²) in [4.78, 5) is 23.7. The number of aromatic nitrogens is 2. The third-order valence-corrected chi connectivity index (χ3v) is 8.11. The van der Waals surface area contributed by atoms with Crippen LogP contribution < -0.4 is 4.90 Å². The lowest BCUT2D eigenvalue weighted by Crippen LogP contribution is -2.31. The summed E-state index contributed by atoms with van der Waals surface area (Å²) in [6.07, 6.45) is 1.62. The van der Waals surface area contributed by atoms with Gasteiger partial charge in [-0.2, -0.15) is 0 Å². The van der Waals surface area contributed by atoms with Crippen molar-refractivity contribution >= 4 is 42.4 Å². The minimum atomic E-state index is -3.55. The predicted molar refractivity (Wildman–Crippen MR) is 123 cm³/mol. The van der Waals surface area contributed by atoms with Crippen LogP contribution in [0.15, 0.2) is 71.8 Å². The molecule has 0 spiro atoms. The molecule has 9 heteroatoms. The molecule has 2 aromatic heterocycles. The second-order valence-corrected chi connectivity index (χ2v) is 10.9. The Bertz CT molecular complexity index is 1390.